The van der Waals surface area contributed by atoms with Gasteiger partial charge in [0.1, 0.15) is 11.4 Å². The van der Waals surface area contributed by atoms with Crippen LogP contribution in [0.3, 0.4) is 0 Å². The first-order valence-corrected chi connectivity index (χ1v) is 7.66. The van der Waals surface area contributed by atoms with Crippen LogP contribution in [0.2, 0.25) is 0 Å². The molecule has 0 saturated heterocycles. The highest BCUT2D eigenvalue weighted by molar-refractivity contribution is 6.03. The van der Waals surface area contributed by atoms with Gasteiger partial charge >= 0.3 is 5.69 Å². The number of aromatic amines is 1. The second kappa shape index (κ2) is 7.32. The number of methoxy groups -OCH3 is 1. The van der Waals surface area contributed by atoms with Crippen molar-refractivity contribution >= 4 is 11.6 Å². The molecular weight excluding hydrogens is 332 g/mol. The fraction of sp³-hybridized carbons (Fsp3) is 0.0526. The summed E-state index contributed by atoms with van der Waals surface area (Å²) in [5.41, 5.74) is 1.52. The average Bonchev–Trinajstić information content (AvgIpc) is 2.68. The van der Waals surface area contributed by atoms with Crippen LogP contribution in [-0.4, -0.2) is 23.0 Å². The van der Waals surface area contributed by atoms with Crippen LogP contribution in [0.15, 0.2) is 59.4 Å². The molecule has 0 aliphatic heterocycles. The van der Waals surface area contributed by atoms with E-state index in [1.54, 1.807) is 55.6 Å². The monoisotopic (exact) mass is 346 g/mol. The largest absolute Gasteiger partial charge is 0.497 e. The van der Waals surface area contributed by atoms with Crippen molar-refractivity contribution in [1.29, 1.82) is 5.26 Å². The molecule has 7 nitrogen and oxygen atoms in total. The second-order valence-corrected chi connectivity index (χ2v) is 5.36. The van der Waals surface area contributed by atoms with Gasteiger partial charge in [-0.25, -0.2) is 4.79 Å². The minimum atomic E-state index is -0.622. The quantitative estimate of drug-likeness (QED) is 0.755. The van der Waals surface area contributed by atoms with E-state index >= 15 is 0 Å². The minimum absolute atomic E-state index is 0.0835. The third kappa shape index (κ3) is 3.76. The number of nitrogens with one attached hydrogen (secondary N) is 2. The topological polar surface area (TPSA) is 108 Å². The summed E-state index contributed by atoms with van der Waals surface area (Å²) in [7, 11) is 1.56. The van der Waals surface area contributed by atoms with Gasteiger partial charge in [-0.1, -0.05) is 0 Å². The smallest absolute Gasteiger partial charge is 0.346 e. The molecule has 26 heavy (non-hydrogen) atoms. The summed E-state index contributed by atoms with van der Waals surface area (Å²) in [5, 5.41) is 11.5. The molecule has 0 unspecified atom stereocenters. The van der Waals surface area contributed by atoms with Gasteiger partial charge in [0.15, 0.2) is 0 Å². The first kappa shape index (κ1) is 16.9. The average molecular weight is 346 g/mol. The standard InChI is InChI=1S/C19H14N4O3/c1-26-15-8-4-13(5-9-15)16-10-17(23-19(25)22-16)18(24)21-14-6-2-12(11-20)3-7-14/h2-10H,1H3,(H,21,24)(H,22,23,25). The summed E-state index contributed by atoms with van der Waals surface area (Å²) in [5.74, 6) is 0.196. The number of carbonyl (C=O) groups is 1. The number of anilines is 1. The highest BCUT2D eigenvalue weighted by Crippen LogP contribution is 2.20. The Labute approximate surface area is 148 Å². The van der Waals surface area contributed by atoms with Crippen LogP contribution in [0, 0.1) is 11.3 Å². The van der Waals surface area contributed by atoms with Gasteiger partial charge in [0.05, 0.1) is 24.4 Å². The van der Waals surface area contributed by atoms with Crippen molar-refractivity contribution in [3.63, 3.8) is 0 Å². The van der Waals surface area contributed by atoms with Crippen LogP contribution >= 0.6 is 0 Å². The summed E-state index contributed by atoms with van der Waals surface area (Å²) in [6.45, 7) is 0. The van der Waals surface area contributed by atoms with Crippen LogP contribution in [-0.2, 0) is 0 Å². The minimum Gasteiger partial charge on any atom is -0.497 e. The summed E-state index contributed by atoms with van der Waals surface area (Å²) < 4.78 is 5.10. The Hall–Kier alpha value is -3.92. The number of rotatable bonds is 4. The summed E-state index contributed by atoms with van der Waals surface area (Å²) in [6, 6.07) is 16.9. The second-order valence-electron chi connectivity index (χ2n) is 5.36. The number of carbonyl (C=O) groups excluding carboxylic acids is 1. The first-order chi connectivity index (χ1) is 12.6. The molecule has 0 aliphatic rings. The van der Waals surface area contributed by atoms with Crippen LogP contribution in [0.25, 0.3) is 11.3 Å². The molecule has 0 fully saturated rings. The molecule has 1 aromatic heterocycles. The van der Waals surface area contributed by atoms with E-state index in [-0.39, 0.29) is 5.69 Å². The predicted molar refractivity (Wildman–Crippen MR) is 96.0 cm³/mol. The Balaban J connectivity index is 1.87. The van der Waals surface area contributed by atoms with Crippen LogP contribution in [0.1, 0.15) is 16.1 Å². The molecule has 0 radical (unpaired) electrons. The molecule has 0 saturated carbocycles. The highest BCUT2D eigenvalue weighted by Gasteiger charge is 2.11. The van der Waals surface area contributed by atoms with E-state index < -0.39 is 11.6 Å². The third-order valence-corrected chi connectivity index (χ3v) is 3.65. The number of hydrogen-bond acceptors (Lipinski definition) is 5. The number of nitriles is 1. The number of nitrogens with zero attached hydrogens (tertiary/aromatic N) is 2. The van der Waals surface area contributed by atoms with Gasteiger partial charge in [-0.3, -0.25) is 4.79 Å². The molecule has 1 amide bonds. The van der Waals surface area contributed by atoms with Crippen molar-refractivity contribution in [1.82, 2.24) is 9.97 Å². The molecule has 1 heterocycles. The van der Waals surface area contributed by atoms with Gasteiger partial charge in [-0.15, -0.1) is 0 Å². The lowest BCUT2D eigenvalue weighted by Crippen LogP contribution is -2.21. The van der Waals surface area contributed by atoms with Crippen molar-refractivity contribution < 1.29 is 9.53 Å². The van der Waals surface area contributed by atoms with Crippen molar-refractivity contribution in [2.45, 2.75) is 0 Å². The molecule has 0 bridgehead atoms. The van der Waals surface area contributed by atoms with Gasteiger partial charge in [0.2, 0.25) is 0 Å². The Morgan fingerprint density at radius 3 is 2.46 bits per heavy atom. The zero-order chi connectivity index (χ0) is 18.5. The van der Waals surface area contributed by atoms with E-state index in [0.717, 1.165) is 0 Å². The molecule has 0 aliphatic carbocycles. The maximum Gasteiger partial charge on any atom is 0.346 e. The number of hydrogen-bond donors (Lipinski definition) is 2. The van der Waals surface area contributed by atoms with Crippen LogP contribution in [0.4, 0.5) is 5.69 Å². The molecule has 3 rings (SSSR count). The van der Waals surface area contributed by atoms with Gasteiger partial charge in [0, 0.05) is 11.3 Å². The van der Waals surface area contributed by atoms with Crippen molar-refractivity contribution in [3.05, 3.63) is 76.3 Å². The number of amides is 1. The Kier molecular flexibility index (Phi) is 4.76. The molecule has 0 spiro atoms. The Bertz CT molecular complexity index is 1030. The van der Waals surface area contributed by atoms with Gasteiger partial charge < -0.3 is 15.0 Å². The van der Waals surface area contributed by atoms with Gasteiger partial charge in [0.25, 0.3) is 5.91 Å². The zero-order valence-electron chi connectivity index (χ0n) is 13.8. The molecule has 2 aromatic carbocycles. The van der Waals surface area contributed by atoms with Crippen molar-refractivity contribution in [2.75, 3.05) is 12.4 Å². The fourth-order valence-corrected chi connectivity index (χ4v) is 2.32. The molecule has 2 N–H and O–H groups in total. The van der Waals surface area contributed by atoms with Gasteiger partial charge in [-0.05, 0) is 54.6 Å². The van der Waals surface area contributed by atoms with E-state index in [1.807, 2.05) is 6.07 Å². The molecule has 3 aromatic rings. The lowest BCUT2D eigenvalue weighted by Gasteiger charge is -2.07. The van der Waals surface area contributed by atoms with E-state index in [2.05, 4.69) is 15.3 Å². The van der Waals surface area contributed by atoms with E-state index in [9.17, 15) is 9.59 Å². The number of benzene rings is 2. The molecular formula is C19H14N4O3. The SMILES string of the molecule is COc1ccc(-c2cc(C(=O)Nc3ccc(C#N)cc3)[nH]c(=O)n2)cc1. The predicted octanol–water partition coefficient (Wildman–Crippen LogP) is 2.57. The summed E-state index contributed by atoms with van der Waals surface area (Å²) in [4.78, 5) is 30.6. The van der Waals surface area contributed by atoms with E-state index in [1.165, 1.54) is 6.07 Å². The first-order valence-electron chi connectivity index (χ1n) is 7.66. The number of aromatic nitrogens is 2. The summed E-state index contributed by atoms with van der Waals surface area (Å²) in [6.07, 6.45) is 0. The fourth-order valence-electron chi connectivity index (χ4n) is 2.32. The highest BCUT2D eigenvalue weighted by atomic mass is 16.5. The van der Waals surface area contributed by atoms with E-state index in [4.69, 9.17) is 10.00 Å². The Morgan fingerprint density at radius 2 is 1.85 bits per heavy atom. The van der Waals surface area contributed by atoms with Crippen molar-refractivity contribution in [2.24, 2.45) is 0 Å². The van der Waals surface area contributed by atoms with E-state index in [0.29, 0.717) is 28.3 Å². The van der Waals surface area contributed by atoms with Crippen molar-refractivity contribution in [3.8, 4) is 23.1 Å². The Morgan fingerprint density at radius 1 is 1.15 bits per heavy atom. The number of H-pyrrole nitrogens is 1. The zero-order valence-corrected chi connectivity index (χ0v) is 13.8. The molecule has 128 valence electrons. The lowest BCUT2D eigenvalue weighted by molar-refractivity contribution is 0.102. The van der Waals surface area contributed by atoms with Gasteiger partial charge in [-0.2, -0.15) is 10.2 Å². The van der Waals surface area contributed by atoms with Crippen LogP contribution < -0.4 is 15.7 Å². The lowest BCUT2D eigenvalue weighted by atomic mass is 10.1. The molecule has 7 heteroatoms. The normalized spacial score (nSPS) is 10.0. The molecule has 0 atom stereocenters. The maximum atomic E-state index is 12.4. The van der Waals surface area contributed by atoms with Crippen LogP contribution in [0.5, 0.6) is 5.75 Å². The third-order valence-electron chi connectivity index (χ3n) is 3.65. The number of ether oxygens (including phenoxy) is 1. The maximum absolute atomic E-state index is 12.4. The summed E-state index contributed by atoms with van der Waals surface area (Å²) >= 11 is 0.